The first-order chi connectivity index (χ1) is 11.7. The van der Waals surface area contributed by atoms with Gasteiger partial charge in [-0.2, -0.15) is 0 Å². The lowest BCUT2D eigenvalue weighted by Gasteiger charge is -2.21. The van der Waals surface area contributed by atoms with Crippen LogP contribution in [0.4, 0.5) is 0 Å². The molecule has 1 aromatic rings. The van der Waals surface area contributed by atoms with E-state index in [2.05, 4.69) is 13.8 Å². The summed E-state index contributed by atoms with van der Waals surface area (Å²) in [5.41, 5.74) is 8.37. The van der Waals surface area contributed by atoms with Gasteiger partial charge in [-0.15, -0.1) is 0 Å². The first-order valence-corrected chi connectivity index (χ1v) is 10.7. The van der Waals surface area contributed by atoms with Crippen molar-refractivity contribution in [3.8, 4) is 0 Å². The molecule has 0 aliphatic heterocycles. The van der Waals surface area contributed by atoms with Crippen LogP contribution >= 0.6 is 0 Å². The Labute approximate surface area is 151 Å². The molecule has 2 N–H and O–H groups in total. The number of carbonyl (C=O) groups is 1. The number of benzene rings is 1. The number of hydrogen-bond donors (Lipinski definition) is 1. The fraction of sp³-hybridized carbons (Fsp3) is 0.632. The third-order valence-electron chi connectivity index (χ3n) is 5.09. The lowest BCUT2D eigenvalue weighted by Crippen LogP contribution is -2.35. The largest absolute Gasteiger partial charge is 0.346 e. The highest BCUT2D eigenvalue weighted by Crippen LogP contribution is 2.25. The van der Waals surface area contributed by atoms with E-state index in [0.29, 0.717) is 17.4 Å². The van der Waals surface area contributed by atoms with Gasteiger partial charge in [-0.25, -0.2) is 8.42 Å². The smallest absolute Gasteiger partial charge is 0.223 e. The van der Waals surface area contributed by atoms with Crippen LogP contribution in [0, 0.1) is 5.92 Å². The van der Waals surface area contributed by atoms with Crippen LogP contribution in [-0.2, 0) is 27.5 Å². The molecule has 1 aliphatic carbocycles. The number of amides is 1. The summed E-state index contributed by atoms with van der Waals surface area (Å²) in [4.78, 5) is 14.1. The van der Waals surface area contributed by atoms with Crippen LogP contribution in [0.25, 0.3) is 0 Å². The van der Waals surface area contributed by atoms with Crippen LogP contribution in [0.5, 0.6) is 0 Å². The SMILES string of the molecule is CC(C)C(N)CCN(C)C(=O)CCS(=O)(=O)c1ccc2c(c1)CCC2. The van der Waals surface area contributed by atoms with E-state index in [1.165, 1.54) is 5.56 Å². The molecule has 0 radical (unpaired) electrons. The molecule has 1 atom stereocenters. The highest BCUT2D eigenvalue weighted by molar-refractivity contribution is 7.91. The molecule has 0 fully saturated rings. The van der Waals surface area contributed by atoms with Gasteiger partial charge in [-0.1, -0.05) is 19.9 Å². The average molecular weight is 367 g/mol. The molecule has 2 rings (SSSR count). The van der Waals surface area contributed by atoms with E-state index in [-0.39, 0.29) is 24.1 Å². The zero-order valence-electron chi connectivity index (χ0n) is 15.5. The van der Waals surface area contributed by atoms with E-state index >= 15 is 0 Å². The zero-order valence-corrected chi connectivity index (χ0v) is 16.3. The summed E-state index contributed by atoms with van der Waals surface area (Å²) in [6.45, 7) is 4.66. The Balaban J connectivity index is 1.89. The lowest BCUT2D eigenvalue weighted by atomic mass is 10.0. The van der Waals surface area contributed by atoms with Crippen molar-refractivity contribution in [2.24, 2.45) is 11.7 Å². The first kappa shape index (κ1) is 19.9. The maximum absolute atomic E-state index is 12.5. The van der Waals surface area contributed by atoms with Gasteiger partial charge in [-0.3, -0.25) is 4.79 Å². The van der Waals surface area contributed by atoms with Crippen LogP contribution in [-0.4, -0.2) is 44.6 Å². The predicted octanol–water partition coefficient (Wildman–Crippen LogP) is 2.17. The molecule has 0 heterocycles. The number of carbonyl (C=O) groups excluding carboxylic acids is 1. The molecule has 0 saturated heterocycles. The van der Waals surface area contributed by atoms with E-state index < -0.39 is 9.84 Å². The summed E-state index contributed by atoms with van der Waals surface area (Å²) < 4.78 is 25.0. The van der Waals surface area contributed by atoms with Gasteiger partial charge in [0.15, 0.2) is 9.84 Å². The van der Waals surface area contributed by atoms with Crippen LogP contribution in [0.1, 0.15) is 44.2 Å². The van der Waals surface area contributed by atoms with Crippen LogP contribution in [0.15, 0.2) is 23.1 Å². The minimum Gasteiger partial charge on any atom is -0.346 e. The fourth-order valence-corrected chi connectivity index (χ4v) is 4.35. The Morgan fingerprint density at radius 1 is 1.24 bits per heavy atom. The van der Waals surface area contributed by atoms with E-state index in [1.807, 2.05) is 6.07 Å². The Morgan fingerprint density at radius 2 is 1.92 bits per heavy atom. The Hall–Kier alpha value is -1.40. The summed E-state index contributed by atoms with van der Waals surface area (Å²) in [5, 5.41) is 0. The van der Waals surface area contributed by atoms with Crippen molar-refractivity contribution in [1.82, 2.24) is 4.90 Å². The molecule has 0 saturated carbocycles. The third kappa shape index (κ3) is 5.28. The second kappa shape index (κ2) is 8.32. The van der Waals surface area contributed by atoms with E-state index in [0.717, 1.165) is 31.2 Å². The number of nitrogens with zero attached hydrogens (tertiary/aromatic N) is 1. The predicted molar refractivity (Wildman–Crippen MR) is 100 cm³/mol. The highest BCUT2D eigenvalue weighted by atomic mass is 32.2. The minimum atomic E-state index is -3.43. The van der Waals surface area contributed by atoms with E-state index in [1.54, 1.807) is 24.1 Å². The number of aryl methyl sites for hydroxylation is 2. The second-order valence-electron chi connectivity index (χ2n) is 7.36. The van der Waals surface area contributed by atoms with E-state index in [4.69, 9.17) is 5.73 Å². The lowest BCUT2D eigenvalue weighted by molar-refractivity contribution is -0.129. The van der Waals surface area contributed by atoms with Crippen molar-refractivity contribution in [1.29, 1.82) is 0 Å². The molecule has 1 aliphatic rings. The first-order valence-electron chi connectivity index (χ1n) is 9.05. The van der Waals surface area contributed by atoms with Crippen LogP contribution < -0.4 is 5.73 Å². The third-order valence-corrected chi connectivity index (χ3v) is 6.81. The fourth-order valence-electron chi connectivity index (χ4n) is 3.07. The Kier molecular flexibility index (Phi) is 6.63. The molecule has 0 spiro atoms. The molecule has 140 valence electrons. The molecule has 1 unspecified atom stereocenters. The molecule has 1 aromatic carbocycles. The topological polar surface area (TPSA) is 80.5 Å². The van der Waals surface area contributed by atoms with Gasteiger partial charge in [-0.05, 0) is 54.9 Å². The molecule has 0 bridgehead atoms. The van der Waals surface area contributed by atoms with Crippen LogP contribution in [0.3, 0.4) is 0 Å². The van der Waals surface area contributed by atoms with Gasteiger partial charge in [0.2, 0.25) is 5.91 Å². The number of sulfone groups is 1. The van der Waals surface area contributed by atoms with Crippen molar-refractivity contribution >= 4 is 15.7 Å². The number of nitrogens with two attached hydrogens (primary N) is 1. The highest BCUT2D eigenvalue weighted by Gasteiger charge is 2.21. The summed E-state index contributed by atoms with van der Waals surface area (Å²) >= 11 is 0. The normalized spacial score (nSPS) is 15.2. The maximum Gasteiger partial charge on any atom is 0.223 e. The molecule has 25 heavy (non-hydrogen) atoms. The van der Waals surface area contributed by atoms with Gasteiger partial charge in [0.1, 0.15) is 0 Å². The minimum absolute atomic E-state index is 0.00678. The number of rotatable bonds is 8. The second-order valence-corrected chi connectivity index (χ2v) is 9.47. The van der Waals surface area contributed by atoms with Crippen LogP contribution in [0.2, 0.25) is 0 Å². The Morgan fingerprint density at radius 3 is 2.60 bits per heavy atom. The summed E-state index contributed by atoms with van der Waals surface area (Å²) in [6, 6.07) is 5.42. The Bertz CT molecular complexity index is 713. The van der Waals surface area contributed by atoms with Crippen molar-refractivity contribution in [3.63, 3.8) is 0 Å². The molecule has 6 heteroatoms. The molecule has 5 nitrogen and oxygen atoms in total. The standard InChI is InChI=1S/C19H30N2O3S/c1-14(2)18(20)9-11-21(3)19(22)10-12-25(23,24)17-8-7-15-5-4-6-16(15)13-17/h7-8,13-14,18H,4-6,9-12,20H2,1-3H3. The summed E-state index contributed by atoms with van der Waals surface area (Å²) in [7, 11) is -1.72. The van der Waals surface area contributed by atoms with Gasteiger partial charge in [0.25, 0.3) is 0 Å². The van der Waals surface area contributed by atoms with Crippen molar-refractivity contribution in [2.75, 3.05) is 19.3 Å². The number of fused-ring (bicyclic) bond motifs is 1. The molecular weight excluding hydrogens is 336 g/mol. The van der Waals surface area contributed by atoms with E-state index in [9.17, 15) is 13.2 Å². The average Bonchev–Trinajstić information content (AvgIpc) is 3.04. The van der Waals surface area contributed by atoms with Gasteiger partial charge < -0.3 is 10.6 Å². The maximum atomic E-state index is 12.5. The van der Waals surface area contributed by atoms with Gasteiger partial charge in [0, 0.05) is 26.1 Å². The summed E-state index contributed by atoms with van der Waals surface area (Å²) in [6.07, 6.45) is 3.78. The monoisotopic (exact) mass is 366 g/mol. The van der Waals surface area contributed by atoms with Crippen molar-refractivity contribution < 1.29 is 13.2 Å². The van der Waals surface area contributed by atoms with Crippen molar-refractivity contribution in [3.05, 3.63) is 29.3 Å². The number of hydrogen-bond acceptors (Lipinski definition) is 4. The molecule has 1 amide bonds. The quantitative estimate of drug-likeness (QED) is 0.764. The van der Waals surface area contributed by atoms with Crippen molar-refractivity contribution in [2.45, 2.75) is 56.9 Å². The molecule has 0 aromatic heterocycles. The molecular formula is C19H30N2O3S. The zero-order chi connectivity index (χ0) is 18.6. The summed E-state index contributed by atoms with van der Waals surface area (Å²) in [5.74, 6) is 0.0648. The van der Waals surface area contributed by atoms with Gasteiger partial charge in [0.05, 0.1) is 10.6 Å². The van der Waals surface area contributed by atoms with Gasteiger partial charge >= 0.3 is 0 Å².